The van der Waals surface area contributed by atoms with Crippen LogP contribution in [0.25, 0.3) is 0 Å². The number of amides is 2. The van der Waals surface area contributed by atoms with Crippen molar-refractivity contribution in [3.05, 3.63) is 0 Å². The Morgan fingerprint density at radius 1 is 1.37 bits per heavy atom. The Morgan fingerprint density at radius 2 is 2.11 bits per heavy atom. The number of nitrogens with zero attached hydrogens (tertiary/aromatic N) is 1. The molecule has 0 aliphatic heterocycles. The first kappa shape index (κ1) is 15.8. The second kappa shape index (κ2) is 8.02. The van der Waals surface area contributed by atoms with Crippen LogP contribution in [0.4, 0.5) is 4.79 Å². The van der Waals surface area contributed by atoms with Gasteiger partial charge in [-0.15, -0.1) is 0 Å². The second-order valence-corrected chi connectivity index (χ2v) is 5.72. The lowest BCUT2D eigenvalue weighted by Gasteiger charge is -2.27. The van der Waals surface area contributed by atoms with Gasteiger partial charge in [-0.3, -0.25) is 4.79 Å². The number of nitrogens with one attached hydrogen (secondary N) is 1. The number of rotatable bonds is 6. The average Bonchev–Trinajstić information content (AvgIpc) is 2.35. The SMILES string of the molecule is CC1CCCC(CCNC(=O)N(C)CCC(=O)O)C1. The molecule has 2 N–H and O–H groups in total. The Balaban J connectivity index is 2.13. The Bertz CT molecular complexity index is 307. The molecule has 1 aliphatic rings. The van der Waals surface area contributed by atoms with Crippen LogP contribution in [0.3, 0.4) is 0 Å². The monoisotopic (exact) mass is 270 g/mol. The van der Waals surface area contributed by atoms with Crippen molar-refractivity contribution >= 4 is 12.0 Å². The average molecular weight is 270 g/mol. The fourth-order valence-electron chi connectivity index (χ4n) is 2.70. The second-order valence-electron chi connectivity index (χ2n) is 5.72. The van der Waals surface area contributed by atoms with E-state index in [1.807, 2.05) is 0 Å². The molecule has 1 saturated carbocycles. The number of hydrogen-bond acceptors (Lipinski definition) is 2. The third-order valence-corrected chi connectivity index (χ3v) is 3.88. The van der Waals surface area contributed by atoms with Crippen molar-refractivity contribution < 1.29 is 14.7 Å². The molecule has 0 saturated heterocycles. The first-order valence-corrected chi connectivity index (χ1v) is 7.19. The summed E-state index contributed by atoms with van der Waals surface area (Å²) in [5, 5.41) is 11.4. The van der Waals surface area contributed by atoms with Gasteiger partial charge in [-0.1, -0.05) is 26.2 Å². The first-order chi connectivity index (χ1) is 8.99. The van der Waals surface area contributed by atoms with Crippen molar-refractivity contribution in [2.75, 3.05) is 20.1 Å². The van der Waals surface area contributed by atoms with Crippen LogP contribution in [0.15, 0.2) is 0 Å². The van der Waals surface area contributed by atoms with Crippen molar-refractivity contribution in [2.45, 2.75) is 45.4 Å². The summed E-state index contributed by atoms with van der Waals surface area (Å²) in [6, 6.07) is -0.176. The van der Waals surface area contributed by atoms with Crippen molar-refractivity contribution in [2.24, 2.45) is 11.8 Å². The van der Waals surface area contributed by atoms with E-state index in [-0.39, 0.29) is 19.0 Å². The summed E-state index contributed by atoms with van der Waals surface area (Å²) in [6.07, 6.45) is 6.20. The number of hydrogen-bond donors (Lipinski definition) is 2. The molecule has 110 valence electrons. The minimum Gasteiger partial charge on any atom is -0.481 e. The first-order valence-electron chi connectivity index (χ1n) is 7.19. The summed E-state index contributed by atoms with van der Waals surface area (Å²) in [6.45, 7) is 3.24. The topological polar surface area (TPSA) is 69.6 Å². The summed E-state index contributed by atoms with van der Waals surface area (Å²) in [5.74, 6) is 0.664. The van der Waals surface area contributed by atoms with Gasteiger partial charge in [0.25, 0.3) is 0 Å². The lowest BCUT2D eigenvalue weighted by molar-refractivity contribution is -0.137. The van der Waals surface area contributed by atoms with E-state index in [0.29, 0.717) is 6.54 Å². The van der Waals surface area contributed by atoms with E-state index >= 15 is 0 Å². The van der Waals surface area contributed by atoms with Crippen LogP contribution in [0.2, 0.25) is 0 Å². The highest BCUT2D eigenvalue weighted by molar-refractivity contribution is 5.74. The third-order valence-electron chi connectivity index (χ3n) is 3.88. The molecule has 0 spiro atoms. The lowest BCUT2D eigenvalue weighted by atomic mass is 9.81. The Hall–Kier alpha value is -1.26. The molecule has 0 aromatic rings. The van der Waals surface area contributed by atoms with Crippen LogP contribution in [0.1, 0.15) is 45.4 Å². The van der Waals surface area contributed by atoms with Gasteiger partial charge < -0.3 is 15.3 Å². The number of urea groups is 1. The van der Waals surface area contributed by atoms with E-state index < -0.39 is 5.97 Å². The van der Waals surface area contributed by atoms with Crippen molar-refractivity contribution in [3.8, 4) is 0 Å². The molecule has 2 atom stereocenters. The van der Waals surface area contributed by atoms with E-state index in [0.717, 1.165) is 18.3 Å². The summed E-state index contributed by atoms with van der Waals surface area (Å²) in [4.78, 5) is 23.5. The highest BCUT2D eigenvalue weighted by Gasteiger charge is 2.18. The quantitative estimate of drug-likeness (QED) is 0.778. The normalized spacial score (nSPS) is 22.8. The van der Waals surface area contributed by atoms with Crippen LogP contribution < -0.4 is 5.32 Å². The molecule has 5 heteroatoms. The summed E-state index contributed by atoms with van der Waals surface area (Å²) in [5.41, 5.74) is 0. The zero-order valence-corrected chi connectivity index (χ0v) is 12.0. The fraction of sp³-hybridized carbons (Fsp3) is 0.857. The van der Waals surface area contributed by atoms with E-state index in [1.165, 1.54) is 30.6 Å². The molecule has 2 unspecified atom stereocenters. The minimum atomic E-state index is -0.879. The van der Waals surface area contributed by atoms with Crippen molar-refractivity contribution in [1.82, 2.24) is 10.2 Å². The smallest absolute Gasteiger partial charge is 0.317 e. The van der Waals surface area contributed by atoms with Crippen LogP contribution in [-0.4, -0.2) is 42.1 Å². The van der Waals surface area contributed by atoms with Gasteiger partial charge in [-0.05, 0) is 24.7 Å². The lowest BCUT2D eigenvalue weighted by Crippen LogP contribution is -2.39. The maximum absolute atomic E-state index is 11.7. The molecule has 1 fully saturated rings. The number of carboxylic acids is 1. The number of aliphatic carboxylic acids is 1. The number of carboxylic acid groups (broad SMARTS) is 1. The highest BCUT2D eigenvalue weighted by Crippen LogP contribution is 2.30. The van der Waals surface area contributed by atoms with Crippen LogP contribution in [0.5, 0.6) is 0 Å². The summed E-state index contributed by atoms with van der Waals surface area (Å²) in [7, 11) is 1.63. The van der Waals surface area contributed by atoms with Crippen LogP contribution >= 0.6 is 0 Å². The zero-order valence-electron chi connectivity index (χ0n) is 12.0. The van der Waals surface area contributed by atoms with E-state index in [4.69, 9.17) is 5.11 Å². The molecule has 0 radical (unpaired) electrons. The molecule has 0 heterocycles. The molecule has 0 aromatic heterocycles. The van der Waals surface area contributed by atoms with E-state index in [9.17, 15) is 9.59 Å². The fourth-order valence-corrected chi connectivity index (χ4v) is 2.70. The highest BCUT2D eigenvalue weighted by atomic mass is 16.4. The largest absolute Gasteiger partial charge is 0.481 e. The van der Waals surface area contributed by atoms with Gasteiger partial charge in [-0.25, -0.2) is 4.79 Å². The molecule has 5 nitrogen and oxygen atoms in total. The van der Waals surface area contributed by atoms with Gasteiger partial charge in [0.15, 0.2) is 0 Å². The Labute approximate surface area is 115 Å². The molecule has 2 amide bonds. The number of carbonyl (C=O) groups is 2. The molecule has 1 rings (SSSR count). The molecule has 0 bridgehead atoms. The molecular formula is C14H26N2O3. The van der Waals surface area contributed by atoms with E-state index in [1.54, 1.807) is 7.05 Å². The zero-order chi connectivity index (χ0) is 14.3. The van der Waals surface area contributed by atoms with Crippen LogP contribution in [0, 0.1) is 11.8 Å². The minimum absolute atomic E-state index is 0.00986. The Morgan fingerprint density at radius 3 is 2.74 bits per heavy atom. The van der Waals surface area contributed by atoms with Crippen LogP contribution in [-0.2, 0) is 4.79 Å². The molecule has 1 aliphatic carbocycles. The molecular weight excluding hydrogens is 244 g/mol. The summed E-state index contributed by atoms with van der Waals surface area (Å²) >= 11 is 0. The van der Waals surface area contributed by atoms with Gasteiger partial charge in [0.1, 0.15) is 0 Å². The van der Waals surface area contributed by atoms with Gasteiger partial charge in [-0.2, -0.15) is 0 Å². The third kappa shape index (κ3) is 6.45. The van der Waals surface area contributed by atoms with E-state index in [2.05, 4.69) is 12.2 Å². The molecule has 19 heavy (non-hydrogen) atoms. The maximum Gasteiger partial charge on any atom is 0.317 e. The van der Waals surface area contributed by atoms with Crippen molar-refractivity contribution in [1.29, 1.82) is 0 Å². The van der Waals surface area contributed by atoms with Gasteiger partial charge in [0.2, 0.25) is 0 Å². The predicted octanol–water partition coefficient (Wildman–Crippen LogP) is 2.32. The molecule has 0 aromatic carbocycles. The maximum atomic E-state index is 11.7. The van der Waals surface area contributed by atoms with Gasteiger partial charge in [0, 0.05) is 20.1 Å². The summed E-state index contributed by atoms with van der Waals surface area (Å²) < 4.78 is 0. The van der Waals surface area contributed by atoms with Gasteiger partial charge >= 0.3 is 12.0 Å². The number of carbonyl (C=O) groups excluding carboxylic acids is 1. The Kier molecular flexibility index (Phi) is 6.67. The standard InChI is InChI=1S/C14H26N2O3/c1-11-4-3-5-12(10-11)6-8-15-14(19)16(2)9-7-13(17)18/h11-12H,3-10H2,1-2H3,(H,15,19)(H,17,18). The van der Waals surface area contributed by atoms with Gasteiger partial charge in [0.05, 0.1) is 6.42 Å². The predicted molar refractivity (Wildman–Crippen MR) is 74.0 cm³/mol. The van der Waals surface area contributed by atoms with Crippen molar-refractivity contribution in [3.63, 3.8) is 0 Å².